The minimum atomic E-state index is -2.98. The predicted octanol–water partition coefficient (Wildman–Crippen LogP) is 4.42. The van der Waals surface area contributed by atoms with Crippen LogP contribution < -0.4 is 10.1 Å². The second kappa shape index (κ2) is 7.29. The monoisotopic (exact) mass is 327 g/mol. The first-order chi connectivity index (χ1) is 9.31. The number of alkyl halides is 2. The van der Waals surface area contributed by atoms with E-state index in [0.717, 1.165) is 6.42 Å². The molecular weight excluding hydrogens is 311 g/mol. The van der Waals surface area contributed by atoms with Crippen molar-refractivity contribution in [2.75, 3.05) is 18.5 Å². The summed E-state index contributed by atoms with van der Waals surface area (Å²) >= 11 is 11.7. The third kappa shape index (κ3) is 4.65. The van der Waals surface area contributed by atoms with Gasteiger partial charge in [-0.2, -0.15) is 8.78 Å². The summed E-state index contributed by atoms with van der Waals surface area (Å²) in [5.41, 5.74) is 0.298. The maximum Gasteiger partial charge on any atom is 0.387 e. The number of aliphatic hydroxyl groups is 1. The molecule has 0 heterocycles. The zero-order valence-electron chi connectivity index (χ0n) is 11.2. The molecule has 0 saturated carbocycles. The average Bonchev–Trinajstić information content (AvgIpc) is 2.40. The van der Waals surface area contributed by atoms with E-state index in [1.165, 1.54) is 12.1 Å². The highest BCUT2D eigenvalue weighted by molar-refractivity contribution is 6.37. The number of aliphatic hydroxyl groups excluding tert-OH is 1. The van der Waals surface area contributed by atoms with Crippen LogP contribution in [0.2, 0.25) is 10.0 Å². The van der Waals surface area contributed by atoms with Crippen LogP contribution in [-0.2, 0) is 0 Å². The van der Waals surface area contributed by atoms with Gasteiger partial charge in [-0.25, -0.2) is 0 Å². The van der Waals surface area contributed by atoms with Crippen LogP contribution >= 0.6 is 23.2 Å². The van der Waals surface area contributed by atoms with Crippen molar-refractivity contribution in [3.63, 3.8) is 0 Å². The summed E-state index contributed by atoms with van der Waals surface area (Å²) in [6, 6.07) is 2.91. The molecule has 20 heavy (non-hydrogen) atoms. The fraction of sp³-hybridized carbons (Fsp3) is 0.538. The molecule has 7 heteroatoms. The zero-order valence-corrected chi connectivity index (χ0v) is 12.7. The summed E-state index contributed by atoms with van der Waals surface area (Å²) in [5, 5.41) is 12.4. The fourth-order valence-electron chi connectivity index (χ4n) is 1.47. The Morgan fingerprint density at radius 3 is 2.30 bits per heavy atom. The number of hydrogen-bond donors (Lipinski definition) is 2. The molecule has 0 aliphatic rings. The maximum absolute atomic E-state index is 12.2. The third-order valence-corrected chi connectivity index (χ3v) is 3.72. The molecule has 0 aliphatic heterocycles. The van der Waals surface area contributed by atoms with Crippen molar-refractivity contribution in [3.8, 4) is 5.75 Å². The Morgan fingerprint density at radius 2 is 1.90 bits per heavy atom. The van der Waals surface area contributed by atoms with Crippen molar-refractivity contribution in [2.45, 2.75) is 26.9 Å². The van der Waals surface area contributed by atoms with Crippen LogP contribution in [0.5, 0.6) is 5.75 Å². The summed E-state index contributed by atoms with van der Waals surface area (Å²) in [6.45, 7) is 1.45. The fourth-order valence-corrected chi connectivity index (χ4v) is 2.05. The van der Waals surface area contributed by atoms with Crippen LogP contribution in [-0.4, -0.2) is 24.9 Å². The second-order valence-corrected chi connectivity index (χ2v) is 5.64. The van der Waals surface area contributed by atoms with Crippen molar-refractivity contribution in [3.05, 3.63) is 22.2 Å². The van der Waals surface area contributed by atoms with Crippen LogP contribution in [0.1, 0.15) is 20.3 Å². The van der Waals surface area contributed by atoms with Gasteiger partial charge in [0.1, 0.15) is 0 Å². The highest BCUT2D eigenvalue weighted by Gasteiger charge is 2.21. The SMILES string of the molecule is CCC(C)(CO)CNc1cc(Cl)c(OC(F)F)c(Cl)c1. The Morgan fingerprint density at radius 1 is 1.35 bits per heavy atom. The Kier molecular flexibility index (Phi) is 6.30. The lowest BCUT2D eigenvalue weighted by Crippen LogP contribution is -2.29. The summed E-state index contributed by atoms with van der Waals surface area (Å²) < 4.78 is 28.6. The van der Waals surface area contributed by atoms with Gasteiger partial charge < -0.3 is 15.2 Å². The Bertz CT molecular complexity index is 431. The topological polar surface area (TPSA) is 41.5 Å². The summed E-state index contributed by atoms with van der Waals surface area (Å²) in [5.74, 6) is -0.241. The Labute approximate surface area is 126 Å². The minimum absolute atomic E-state index is 0.00231. The number of rotatable bonds is 7. The van der Waals surface area contributed by atoms with Gasteiger partial charge in [-0.1, -0.05) is 37.0 Å². The molecule has 1 unspecified atom stereocenters. The van der Waals surface area contributed by atoms with Gasteiger partial charge in [0.05, 0.1) is 16.7 Å². The van der Waals surface area contributed by atoms with E-state index >= 15 is 0 Å². The van der Waals surface area contributed by atoms with E-state index in [4.69, 9.17) is 23.2 Å². The Balaban J connectivity index is 2.84. The number of halogens is 4. The van der Waals surface area contributed by atoms with Crippen LogP contribution in [0.3, 0.4) is 0 Å². The normalized spacial score (nSPS) is 14.2. The van der Waals surface area contributed by atoms with Gasteiger partial charge in [0.2, 0.25) is 0 Å². The quantitative estimate of drug-likeness (QED) is 0.779. The highest BCUT2D eigenvalue weighted by Crippen LogP contribution is 2.37. The molecule has 0 aromatic heterocycles. The molecule has 0 fully saturated rings. The molecule has 3 nitrogen and oxygen atoms in total. The summed E-state index contributed by atoms with van der Waals surface area (Å²) in [7, 11) is 0. The van der Waals surface area contributed by atoms with Gasteiger partial charge in [0, 0.05) is 17.6 Å². The van der Waals surface area contributed by atoms with Gasteiger partial charge in [-0.05, 0) is 18.6 Å². The molecule has 0 aliphatic carbocycles. The minimum Gasteiger partial charge on any atom is -0.432 e. The molecule has 1 aromatic rings. The standard InChI is InChI=1S/C13H17Cl2F2NO2/c1-3-13(2,7-19)6-18-8-4-9(14)11(10(15)5-8)20-12(16)17/h4-5,12,18-19H,3,6-7H2,1-2H3. The van der Waals surface area contributed by atoms with Crippen LogP contribution in [0, 0.1) is 5.41 Å². The highest BCUT2D eigenvalue weighted by atomic mass is 35.5. The molecule has 1 atom stereocenters. The van der Waals surface area contributed by atoms with E-state index in [-0.39, 0.29) is 27.8 Å². The molecule has 114 valence electrons. The average molecular weight is 328 g/mol. The molecular formula is C13H17Cl2F2NO2. The van der Waals surface area contributed by atoms with Crippen molar-refractivity contribution in [2.24, 2.45) is 5.41 Å². The van der Waals surface area contributed by atoms with E-state index < -0.39 is 6.61 Å². The first-order valence-corrected chi connectivity index (χ1v) is 6.85. The van der Waals surface area contributed by atoms with Gasteiger partial charge in [-0.15, -0.1) is 0 Å². The lowest BCUT2D eigenvalue weighted by atomic mass is 9.88. The van der Waals surface area contributed by atoms with Crippen molar-refractivity contribution < 1.29 is 18.6 Å². The number of benzene rings is 1. The predicted molar refractivity (Wildman–Crippen MR) is 77.1 cm³/mol. The van der Waals surface area contributed by atoms with Gasteiger partial charge in [0.15, 0.2) is 5.75 Å². The molecule has 0 spiro atoms. The summed E-state index contributed by atoms with van der Waals surface area (Å²) in [6.07, 6.45) is 0.782. The molecule has 1 rings (SSSR count). The maximum atomic E-state index is 12.2. The third-order valence-electron chi connectivity index (χ3n) is 3.16. The lowest BCUT2D eigenvalue weighted by molar-refractivity contribution is -0.0497. The van der Waals surface area contributed by atoms with Crippen molar-refractivity contribution >= 4 is 28.9 Å². The van der Waals surface area contributed by atoms with Crippen LogP contribution in [0.15, 0.2) is 12.1 Å². The first-order valence-electron chi connectivity index (χ1n) is 6.10. The van der Waals surface area contributed by atoms with Crippen molar-refractivity contribution in [1.82, 2.24) is 0 Å². The molecule has 0 bridgehead atoms. The lowest BCUT2D eigenvalue weighted by Gasteiger charge is -2.26. The molecule has 0 saturated heterocycles. The van der Waals surface area contributed by atoms with Gasteiger partial charge in [0.25, 0.3) is 0 Å². The molecule has 2 N–H and O–H groups in total. The Hall–Kier alpha value is -0.780. The zero-order chi connectivity index (χ0) is 15.3. The van der Waals surface area contributed by atoms with E-state index in [0.29, 0.717) is 12.2 Å². The van der Waals surface area contributed by atoms with Gasteiger partial charge in [-0.3, -0.25) is 0 Å². The van der Waals surface area contributed by atoms with E-state index in [1.54, 1.807) is 0 Å². The van der Waals surface area contributed by atoms with E-state index in [1.807, 2.05) is 13.8 Å². The van der Waals surface area contributed by atoms with Crippen LogP contribution in [0.25, 0.3) is 0 Å². The molecule has 0 amide bonds. The molecule has 1 aromatic carbocycles. The number of hydrogen-bond acceptors (Lipinski definition) is 3. The smallest absolute Gasteiger partial charge is 0.387 e. The van der Waals surface area contributed by atoms with E-state index in [2.05, 4.69) is 10.1 Å². The van der Waals surface area contributed by atoms with Crippen molar-refractivity contribution in [1.29, 1.82) is 0 Å². The van der Waals surface area contributed by atoms with Crippen LogP contribution in [0.4, 0.5) is 14.5 Å². The largest absolute Gasteiger partial charge is 0.432 e. The number of ether oxygens (including phenoxy) is 1. The number of anilines is 1. The summed E-state index contributed by atoms with van der Waals surface area (Å²) in [4.78, 5) is 0. The second-order valence-electron chi connectivity index (χ2n) is 4.82. The van der Waals surface area contributed by atoms with Gasteiger partial charge >= 0.3 is 6.61 Å². The van der Waals surface area contributed by atoms with E-state index in [9.17, 15) is 13.9 Å². The number of nitrogens with one attached hydrogen (secondary N) is 1. The first kappa shape index (κ1) is 17.3. The molecule has 0 radical (unpaired) electrons.